The second-order valence-corrected chi connectivity index (χ2v) is 20.2. The molecule has 0 aliphatic rings. The molecule has 4 aromatic rings. The second-order valence-electron chi connectivity index (χ2n) is 15.5. The van der Waals surface area contributed by atoms with Gasteiger partial charge in [0.15, 0.2) is 0 Å². The molecule has 240 valence electrons. The van der Waals surface area contributed by atoms with Crippen molar-refractivity contribution in [1.29, 1.82) is 0 Å². The van der Waals surface area contributed by atoms with Gasteiger partial charge in [-0.05, 0) is 39.0 Å². The predicted molar refractivity (Wildman–Crippen MR) is 190 cm³/mol. The summed E-state index contributed by atoms with van der Waals surface area (Å²) in [6, 6.07) is 21.1. The van der Waals surface area contributed by atoms with Crippen molar-refractivity contribution in [2.75, 3.05) is 0 Å². The van der Waals surface area contributed by atoms with Gasteiger partial charge in [-0.15, -0.1) is 28.3 Å². The van der Waals surface area contributed by atoms with Crippen LogP contribution in [0, 0.1) is 0 Å². The second kappa shape index (κ2) is 14.2. The summed E-state index contributed by atoms with van der Waals surface area (Å²) >= 11 is 0. The molecule has 0 radical (unpaired) electrons. The standard InChI is InChI=1S/C33H49N2P2.C5H5.Fe/c1-29(2,3)27-19-26(33(36,23-15-13-17-34-20-23)24-16-14-18-35-21-24)25(28(27)30(4,5)6)22-37(31(7,8)9)32(10,11)12;1-2-4-5-3-1;/h13-21H,22,36H2,1-12H3;1-5H;/q-1;-5;. The molecule has 1 atom stereocenters. The average Bonchev–Trinajstić information content (AvgIpc) is 3.58. The van der Waals surface area contributed by atoms with Gasteiger partial charge >= 0.3 is 0 Å². The van der Waals surface area contributed by atoms with E-state index in [2.05, 4.69) is 133 Å². The van der Waals surface area contributed by atoms with E-state index in [0.29, 0.717) is 0 Å². The Balaban J connectivity index is 0.000000973. The number of rotatable bonds is 5. The Bertz CT molecular complexity index is 1310. The monoisotopic (exact) mass is 656 g/mol. The van der Waals surface area contributed by atoms with E-state index >= 15 is 0 Å². The molecule has 0 N–H and O–H groups in total. The SMILES string of the molecule is CC(C)(C)c1cc(C(P)(c2cccnc2)c2cccnc2)[c-](CP(C(C)(C)C)C(C)(C)C)c1C(C)(C)C.[Fe].[cH-]1[cH-][cH-][cH-][cH-]1. The fourth-order valence-corrected chi connectivity index (χ4v) is 10.4. The molecular weight excluding hydrogens is 602 g/mol. The number of hydrogen-bond acceptors (Lipinski definition) is 2. The summed E-state index contributed by atoms with van der Waals surface area (Å²) in [4.78, 5) is 9.14. The van der Waals surface area contributed by atoms with E-state index in [1.165, 1.54) is 33.4 Å². The first-order valence-electron chi connectivity index (χ1n) is 15.2. The molecule has 2 aromatic carbocycles. The molecule has 2 heterocycles. The molecule has 0 amide bonds. The first kappa shape index (κ1) is 37.6. The van der Waals surface area contributed by atoms with Gasteiger partial charge in [-0.1, -0.05) is 107 Å². The van der Waals surface area contributed by atoms with Gasteiger partial charge in [-0.3, -0.25) is 9.97 Å². The van der Waals surface area contributed by atoms with E-state index in [4.69, 9.17) is 0 Å². The van der Waals surface area contributed by atoms with Crippen molar-refractivity contribution < 1.29 is 17.1 Å². The molecule has 0 aliphatic carbocycles. The van der Waals surface area contributed by atoms with Crippen LogP contribution in [0.25, 0.3) is 0 Å². The van der Waals surface area contributed by atoms with E-state index in [0.717, 1.165) is 6.16 Å². The molecule has 2 nitrogen and oxygen atoms in total. The van der Waals surface area contributed by atoms with Crippen molar-refractivity contribution in [2.45, 2.75) is 116 Å². The van der Waals surface area contributed by atoms with Crippen LogP contribution in [0.5, 0.6) is 0 Å². The third kappa shape index (κ3) is 8.98. The quantitative estimate of drug-likeness (QED) is 0.121. The molecule has 5 heteroatoms. The maximum atomic E-state index is 4.57. The Labute approximate surface area is 277 Å². The molecule has 2 aromatic heterocycles. The van der Waals surface area contributed by atoms with Crippen LogP contribution < -0.4 is 0 Å². The third-order valence-corrected chi connectivity index (χ3v) is 12.7. The average molecular weight is 657 g/mol. The van der Waals surface area contributed by atoms with E-state index in [1.54, 1.807) is 0 Å². The fraction of sp³-hybridized carbons (Fsp3) is 0.474. The van der Waals surface area contributed by atoms with Gasteiger partial charge in [0.25, 0.3) is 0 Å². The summed E-state index contributed by atoms with van der Waals surface area (Å²) in [6.07, 6.45) is 8.88. The van der Waals surface area contributed by atoms with Crippen LogP contribution in [0.15, 0.2) is 85.5 Å². The Kier molecular flexibility index (Phi) is 12.4. The van der Waals surface area contributed by atoms with Crippen molar-refractivity contribution >= 4 is 17.2 Å². The first-order valence-corrected chi connectivity index (χ1v) is 17.3. The molecular formula is C38H54FeN2P2-6. The molecule has 0 bridgehead atoms. The maximum Gasteiger partial charge on any atom is 0.0397 e. The fourth-order valence-electron chi connectivity index (χ4n) is 6.19. The van der Waals surface area contributed by atoms with E-state index in [1.807, 2.05) is 55.1 Å². The Morgan fingerprint density at radius 3 is 1.42 bits per heavy atom. The summed E-state index contributed by atoms with van der Waals surface area (Å²) in [5.41, 5.74) is 8.29. The number of pyridine rings is 2. The van der Waals surface area contributed by atoms with Crippen LogP contribution >= 0.6 is 17.2 Å². The summed E-state index contributed by atoms with van der Waals surface area (Å²) in [7, 11) is 2.92. The third-order valence-electron chi connectivity index (χ3n) is 7.89. The molecule has 0 fully saturated rings. The van der Waals surface area contributed by atoms with E-state index < -0.39 is 5.16 Å². The summed E-state index contributed by atoms with van der Waals surface area (Å²) in [5, 5.41) is 0.00870. The summed E-state index contributed by atoms with van der Waals surface area (Å²) < 4.78 is 0. The maximum absolute atomic E-state index is 4.57. The first-order chi connectivity index (χ1) is 19.3. The van der Waals surface area contributed by atoms with Crippen molar-refractivity contribution in [3.8, 4) is 0 Å². The molecule has 0 saturated carbocycles. The van der Waals surface area contributed by atoms with Gasteiger partial charge in [0.1, 0.15) is 0 Å². The van der Waals surface area contributed by atoms with Gasteiger partial charge in [-0.2, -0.15) is 11.1 Å². The van der Waals surface area contributed by atoms with Crippen LogP contribution in [-0.4, -0.2) is 20.3 Å². The van der Waals surface area contributed by atoms with Crippen molar-refractivity contribution in [3.63, 3.8) is 0 Å². The number of nitrogens with zero attached hydrogens (tertiary/aromatic N) is 2. The van der Waals surface area contributed by atoms with Gasteiger partial charge in [0.05, 0.1) is 0 Å². The van der Waals surface area contributed by atoms with Crippen molar-refractivity contribution in [2.24, 2.45) is 0 Å². The van der Waals surface area contributed by atoms with Crippen molar-refractivity contribution in [1.82, 2.24) is 9.97 Å². The minimum Gasteiger partial charge on any atom is -0.748 e. The predicted octanol–water partition coefficient (Wildman–Crippen LogP) is 10.9. The Morgan fingerprint density at radius 1 is 0.698 bits per heavy atom. The largest absolute Gasteiger partial charge is 0.748 e. The van der Waals surface area contributed by atoms with Crippen LogP contribution in [0.1, 0.15) is 116 Å². The summed E-state index contributed by atoms with van der Waals surface area (Å²) in [6.45, 7) is 28.9. The van der Waals surface area contributed by atoms with Crippen LogP contribution in [0.3, 0.4) is 0 Å². The van der Waals surface area contributed by atoms with Crippen LogP contribution in [0.2, 0.25) is 0 Å². The smallest absolute Gasteiger partial charge is 0.0397 e. The Morgan fingerprint density at radius 2 is 1.12 bits per heavy atom. The Hall–Kier alpha value is -1.62. The molecule has 4 rings (SSSR count). The van der Waals surface area contributed by atoms with Crippen LogP contribution in [0.4, 0.5) is 0 Å². The zero-order chi connectivity index (χ0) is 31.6. The van der Waals surface area contributed by atoms with Crippen LogP contribution in [-0.2, 0) is 39.2 Å². The molecule has 0 saturated heterocycles. The zero-order valence-corrected chi connectivity index (χ0v) is 31.7. The topological polar surface area (TPSA) is 25.8 Å². The number of aromatic nitrogens is 2. The molecule has 0 spiro atoms. The minimum atomic E-state index is -0.446. The van der Waals surface area contributed by atoms with Gasteiger partial charge in [0, 0.05) is 47.0 Å². The van der Waals surface area contributed by atoms with E-state index in [-0.39, 0.29) is 46.1 Å². The molecule has 43 heavy (non-hydrogen) atoms. The summed E-state index contributed by atoms with van der Waals surface area (Å²) in [5.74, 6) is 0. The van der Waals surface area contributed by atoms with Gasteiger partial charge in [0.2, 0.25) is 0 Å². The van der Waals surface area contributed by atoms with Crippen molar-refractivity contribution in [3.05, 3.63) is 119 Å². The minimum absolute atomic E-state index is 0. The normalized spacial score (nSPS) is 12.9. The van der Waals surface area contributed by atoms with Gasteiger partial charge < -0.3 is 30.3 Å². The zero-order valence-electron chi connectivity index (χ0n) is 28.6. The molecule has 0 aliphatic heterocycles. The van der Waals surface area contributed by atoms with E-state index in [9.17, 15) is 0 Å². The number of hydrogen-bond donors (Lipinski definition) is 0. The van der Waals surface area contributed by atoms with Gasteiger partial charge in [-0.25, -0.2) is 6.07 Å². The molecule has 1 unspecified atom stereocenters.